The first-order chi connectivity index (χ1) is 35.7. The molecule has 0 aliphatic carbocycles. The molecule has 4 aromatic rings. The number of aliphatic imine (C=N–C) groups is 2. The lowest BCUT2D eigenvalue weighted by atomic mass is 10.1. The Morgan fingerprint density at radius 1 is 0.473 bits per heavy atom. The van der Waals surface area contributed by atoms with Crippen molar-refractivity contribution in [3.63, 3.8) is 0 Å². The maximum Gasteiger partial charge on any atom is 0.314 e. The van der Waals surface area contributed by atoms with Gasteiger partial charge in [-0.1, -0.05) is 47.5 Å². The van der Waals surface area contributed by atoms with Crippen LogP contribution in [0, 0.1) is 0 Å². The van der Waals surface area contributed by atoms with Gasteiger partial charge in [0.1, 0.15) is 24.7 Å². The zero-order valence-electron chi connectivity index (χ0n) is 40.9. The molecule has 2 heterocycles. The molecule has 0 radical (unpaired) electrons. The van der Waals surface area contributed by atoms with Crippen LogP contribution in [0.5, 0.6) is 11.5 Å². The predicted octanol–water partition coefficient (Wildman–Crippen LogP) is 1.91. The zero-order valence-corrected chi connectivity index (χ0v) is 42.4. The summed E-state index contributed by atoms with van der Waals surface area (Å²) in [7, 11) is 0. The van der Waals surface area contributed by atoms with Crippen molar-refractivity contribution in [3.8, 4) is 11.5 Å². The minimum atomic E-state index is -0.691. The Kier molecular flexibility index (Phi) is 26.4. The highest BCUT2D eigenvalue weighted by atomic mass is 35.5. The van der Waals surface area contributed by atoms with E-state index in [2.05, 4.69) is 61.8 Å². The number of halogens is 2. The van der Waals surface area contributed by atoms with E-state index in [-0.39, 0.29) is 68.9 Å². The number of urea groups is 2. The quantitative estimate of drug-likeness (QED) is 0.0194. The third-order valence-electron chi connectivity index (χ3n) is 10.1. The molecule has 26 nitrogen and oxygen atoms in total. The van der Waals surface area contributed by atoms with Gasteiger partial charge in [0.2, 0.25) is 0 Å². The largest absolute Gasteiger partial charge is 0.491 e. The van der Waals surface area contributed by atoms with Crippen LogP contribution in [-0.2, 0) is 22.3 Å². The first-order valence-electron chi connectivity index (χ1n) is 23.7. The van der Waals surface area contributed by atoms with E-state index in [0.29, 0.717) is 103 Å². The average Bonchev–Trinajstić information content (AvgIpc) is 3.37. The molecule has 4 rings (SSSR count). The molecule has 28 heteroatoms. The van der Waals surface area contributed by atoms with Gasteiger partial charge in [-0.05, 0) is 86.8 Å². The molecule has 0 unspecified atom stereocenters. The minimum Gasteiger partial charge on any atom is -0.491 e. The number of nitrogens with zero attached hydrogens (tertiary/aromatic N) is 6. The number of nitrogen functional groups attached to an aromatic ring is 4. The molecule has 2 aromatic carbocycles. The Morgan fingerprint density at radius 2 is 0.851 bits per heavy atom. The van der Waals surface area contributed by atoms with Gasteiger partial charge >= 0.3 is 12.1 Å². The number of nitrogens with one attached hydrogen (secondary N) is 6. The van der Waals surface area contributed by atoms with E-state index >= 15 is 0 Å². The highest BCUT2D eigenvalue weighted by molar-refractivity contribution is 6.32. The number of nitrogens with two attached hydrogens (primary N) is 6. The number of amides is 6. The molecule has 2 aromatic heterocycles. The number of guanidine groups is 2. The maximum atomic E-state index is 12.3. The lowest BCUT2D eigenvalue weighted by molar-refractivity contribution is 0.0964. The first kappa shape index (κ1) is 58.9. The zero-order chi connectivity index (χ0) is 53.5. The van der Waals surface area contributed by atoms with Crippen molar-refractivity contribution in [2.75, 3.05) is 102 Å². The molecule has 0 atom stereocenters. The summed E-state index contributed by atoms with van der Waals surface area (Å²) in [5, 5.41) is 15.6. The lowest BCUT2D eigenvalue weighted by Gasteiger charge is -2.10. The van der Waals surface area contributed by atoms with E-state index in [4.69, 9.17) is 76.6 Å². The summed E-state index contributed by atoms with van der Waals surface area (Å²) in [5.41, 5.74) is 36.0. The van der Waals surface area contributed by atoms with Gasteiger partial charge in [0, 0.05) is 39.3 Å². The van der Waals surface area contributed by atoms with E-state index < -0.39 is 11.8 Å². The molecular weight excluding hydrogens is 1000 g/mol. The lowest BCUT2D eigenvalue weighted by Crippen LogP contribution is -2.39. The summed E-state index contributed by atoms with van der Waals surface area (Å²) >= 11 is 11.6. The smallest absolute Gasteiger partial charge is 0.314 e. The first-order valence-corrected chi connectivity index (χ1v) is 24.5. The highest BCUT2D eigenvalue weighted by Gasteiger charge is 2.18. The van der Waals surface area contributed by atoms with Gasteiger partial charge in [-0.25, -0.2) is 29.5 Å². The van der Waals surface area contributed by atoms with E-state index in [1.54, 1.807) is 0 Å². The number of unbranched alkanes of at least 4 members (excludes halogenated alkanes) is 3. The monoisotopic (exact) mass is 1070 g/mol. The summed E-state index contributed by atoms with van der Waals surface area (Å²) in [5.74, 6) is -0.603. The third-order valence-corrected chi connectivity index (χ3v) is 10.7. The Morgan fingerprint density at radius 3 is 1.24 bits per heavy atom. The van der Waals surface area contributed by atoms with Gasteiger partial charge in [-0.3, -0.25) is 30.2 Å². The number of carbonyl (C=O) groups excluding carboxylic acids is 4. The topological polar surface area (TPSA) is 410 Å². The van der Waals surface area contributed by atoms with Crippen molar-refractivity contribution in [1.29, 1.82) is 0 Å². The number of rotatable bonds is 31. The Bertz CT molecular complexity index is 2300. The maximum absolute atomic E-state index is 12.3. The summed E-state index contributed by atoms with van der Waals surface area (Å²) in [6.07, 6.45) is 6.20. The molecule has 6 amide bonds. The van der Waals surface area contributed by atoms with E-state index in [1.165, 1.54) is 0 Å². The van der Waals surface area contributed by atoms with Crippen LogP contribution in [0.2, 0.25) is 10.3 Å². The number of hydrogen-bond acceptors (Lipinski definition) is 18. The number of anilines is 4. The van der Waals surface area contributed by atoms with Crippen molar-refractivity contribution in [2.45, 2.75) is 51.4 Å². The van der Waals surface area contributed by atoms with Gasteiger partial charge < -0.3 is 74.6 Å². The molecule has 18 N–H and O–H groups in total. The van der Waals surface area contributed by atoms with Crippen LogP contribution in [0.25, 0.3) is 0 Å². The molecule has 0 saturated heterocycles. The van der Waals surface area contributed by atoms with E-state index in [0.717, 1.165) is 49.7 Å². The number of aromatic nitrogens is 4. The minimum absolute atomic E-state index is 0.0750. The molecule has 0 aliphatic heterocycles. The third kappa shape index (κ3) is 23.2. The fourth-order valence-corrected chi connectivity index (χ4v) is 6.58. The van der Waals surface area contributed by atoms with Gasteiger partial charge in [0.05, 0.1) is 26.4 Å². The van der Waals surface area contributed by atoms with Crippen molar-refractivity contribution in [2.24, 2.45) is 21.5 Å². The fourth-order valence-electron chi connectivity index (χ4n) is 6.33. The number of benzene rings is 2. The van der Waals surface area contributed by atoms with Crippen molar-refractivity contribution in [1.82, 2.24) is 51.8 Å². The van der Waals surface area contributed by atoms with Gasteiger partial charge in [-0.2, -0.15) is 0 Å². The van der Waals surface area contributed by atoms with Gasteiger partial charge in [-0.15, -0.1) is 0 Å². The normalized spacial score (nSPS) is 11.4. The molecule has 0 saturated carbocycles. The second-order valence-electron chi connectivity index (χ2n) is 15.9. The average molecular weight is 1070 g/mol. The molecule has 0 bridgehead atoms. The molecular formula is C46H66Cl2N18O8. The van der Waals surface area contributed by atoms with Crippen LogP contribution < -0.4 is 75.8 Å². The van der Waals surface area contributed by atoms with Gasteiger partial charge in [0.25, 0.3) is 11.8 Å². The van der Waals surface area contributed by atoms with Crippen LogP contribution in [0.1, 0.15) is 70.6 Å². The number of ether oxygens (including phenoxy) is 4. The standard InChI is InChI=1S/C46H66Cl2N18O8/c47-35-39(51)63-37(49)33(61-35)41(67)65-43(53)55-17-3-1-7-29-9-13-31(14-10-29)73-27-25-71-23-21-59-45(69)57-19-5-6-20-58-46(70)60-22-24-72-26-28-74-32-15-11-30(12-16-32)8-2-4-18-56-44(54)66-42(68)34-38(50)64-40(52)36(48)62-34/h9-16H,1-8,17-28H2,(H4,49,51,63)(H4,50,52,64)(H2,57,59,69)(H2,58,60,70)(H3,53,55,65,67)(H3,54,56,66,68). The summed E-state index contributed by atoms with van der Waals surface area (Å²) in [4.78, 5) is 72.4. The van der Waals surface area contributed by atoms with Crippen LogP contribution in [-0.4, -0.2) is 135 Å². The number of aryl methyl sites for hydroxylation is 2. The summed E-state index contributed by atoms with van der Waals surface area (Å²) in [6.45, 7) is 4.49. The Hall–Kier alpha value is -7.68. The second kappa shape index (κ2) is 33.1. The Labute approximate surface area is 438 Å². The molecule has 0 spiro atoms. The molecule has 402 valence electrons. The van der Waals surface area contributed by atoms with Crippen LogP contribution in [0.4, 0.5) is 32.9 Å². The van der Waals surface area contributed by atoms with Crippen LogP contribution in [0.3, 0.4) is 0 Å². The van der Waals surface area contributed by atoms with E-state index in [9.17, 15) is 19.2 Å². The Balaban J connectivity index is 0.884. The molecule has 0 aliphatic rings. The number of carbonyl (C=O) groups is 4. The van der Waals surface area contributed by atoms with E-state index in [1.807, 2.05) is 48.5 Å². The highest BCUT2D eigenvalue weighted by Crippen LogP contribution is 2.19. The van der Waals surface area contributed by atoms with Crippen molar-refractivity contribution in [3.05, 3.63) is 81.4 Å². The SMILES string of the molecule is NC(=NCCCCc1ccc(OCCOCCNC(=O)NCCCCNC(=O)NCCOCCOc2ccc(CCCCN=C(N)NC(=O)c3nc(Cl)c(N)nc3N)cc2)cc1)NC(=O)c1nc(Cl)c(N)nc1N. The summed E-state index contributed by atoms with van der Waals surface area (Å²) in [6, 6.07) is 14.9. The van der Waals surface area contributed by atoms with Crippen LogP contribution in [0.15, 0.2) is 58.5 Å². The van der Waals surface area contributed by atoms with Crippen molar-refractivity contribution >= 4 is 82.3 Å². The van der Waals surface area contributed by atoms with Gasteiger partial charge in [0.15, 0.2) is 56.9 Å². The fraction of sp³-hybridized carbons (Fsp3) is 0.435. The molecule has 0 fully saturated rings. The van der Waals surface area contributed by atoms with Crippen molar-refractivity contribution < 1.29 is 38.1 Å². The molecule has 74 heavy (non-hydrogen) atoms. The second-order valence-corrected chi connectivity index (χ2v) is 16.6. The van der Waals surface area contributed by atoms with Crippen LogP contribution >= 0.6 is 23.2 Å². The summed E-state index contributed by atoms with van der Waals surface area (Å²) < 4.78 is 22.6. The number of hydrogen-bond donors (Lipinski definition) is 12. The predicted molar refractivity (Wildman–Crippen MR) is 283 cm³/mol.